The molecular weight excluding hydrogens is 300 g/mol. The fourth-order valence-electron chi connectivity index (χ4n) is 2.72. The van der Waals surface area contributed by atoms with Gasteiger partial charge in [-0.25, -0.2) is 4.68 Å². The number of hydrogen-bond acceptors (Lipinski definition) is 3. The molecule has 0 saturated heterocycles. The highest BCUT2D eigenvalue weighted by molar-refractivity contribution is 5.92. The highest BCUT2D eigenvalue weighted by atomic mass is 16.1. The van der Waals surface area contributed by atoms with E-state index < -0.39 is 0 Å². The van der Waals surface area contributed by atoms with Crippen molar-refractivity contribution in [3.63, 3.8) is 0 Å². The highest BCUT2D eigenvalue weighted by Gasteiger charge is 2.29. The number of para-hydroxylation sites is 1. The van der Waals surface area contributed by atoms with Crippen LogP contribution in [-0.2, 0) is 6.54 Å². The van der Waals surface area contributed by atoms with E-state index in [4.69, 9.17) is 0 Å². The molecule has 1 N–H and O–H groups in total. The fourth-order valence-corrected chi connectivity index (χ4v) is 2.72. The third-order valence-corrected chi connectivity index (χ3v) is 4.12. The van der Waals surface area contributed by atoms with Gasteiger partial charge >= 0.3 is 0 Å². The Bertz CT molecular complexity index is 838. The average Bonchev–Trinajstić information content (AvgIpc) is 3.39. The summed E-state index contributed by atoms with van der Waals surface area (Å²) >= 11 is 0. The van der Waals surface area contributed by atoms with E-state index in [0.29, 0.717) is 18.2 Å². The number of nitrogens with one attached hydrogen (secondary N) is 1. The quantitative estimate of drug-likeness (QED) is 0.786. The van der Waals surface area contributed by atoms with Crippen molar-refractivity contribution in [2.45, 2.75) is 25.3 Å². The van der Waals surface area contributed by atoms with E-state index in [9.17, 15) is 4.79 Å². The van der Waals surface area contributed by atoms with Crippen LogP contribution in [-0.4, -0.2) is 20.7 Å². The molecule has 1 aliphatic rings. The lowest BCUT2D eigenvalue weighted by atomic mass is 10.2. The molecule has 1 aromatic carbocycles. The minimum absolute atomic E-state index is 0.169. The average molecular weight is 318 g/mol. The Morgan fingerprint density at radius 3 is 2.62 bits per heavy atom. The summed E-state index contributed by atoms with van der Waals surface area (Å²) in [6.07, 6.45) is 4.04. The van der Waals surface area contributed by atoms with Crippen molar-refractivity contribution >= 4 is 5.91 Å². The number of carbonyl (C=O) groups is 1. The maximum atomic E-state index is 12.4. The lowest BCUT2D eigenvalue weighted by Crippen LogP contribution is -2.23. The lowest BCUT2D eigenvalue weighted by molar-refractivity contribution is 0.0945. The molecule has 2 heterocycles. The van der Waals surface area contributed by atoms with Crippen LogP contribution in [0.25, 0.3) is 5.69 Å². The van der Waals surface area contributed by atoms with Crippen LogP contribution in [0.3, 0.4) is 0 Å². The Morgan fingerprint density at radius 1 is 1.12 bits per heavy atom. The summed E-state index contributed by atoms with van der Waals surface area (Å²) in [5, 5.41) is 7.43. The van der Waals surface area contributed by atoms with Gasteiger partial charge in [0.15, 0.2) is 5.69 Å². The lowest BCUT2D eigenvalue weighted by Gasteiger charge is -2.05. The molecule has 0 aliphatic heterocycles. The molecule has 2 aromatic heterocycles. The van der Waals surface area contributed by atoms with Crippen LogP contribution in [0.2, 0.25) is 0 Å². The molecule has 120 valence electrons. The van der Waals surface area contributed by atoms with Crippen LogP contribution in [0.5, 0.6) is 0 Å². The Morgan fingerprint density at radius 2 is 1.92 bits per heavy atom. The van der Waals surface area contributed by atoms with Crippen LogP contribution < -0.4 is 5.32 Å². The van der Waals surface area contributed by atoms with E-state index in [1.165, 1.54) is 0 Å². The summed E-state index contributed by atoms with van der Waals surface area (Å²) in [5.74, 6) is 0.340. The number of nitrogens with zero attached hydrogens (tertiary/aromatic N) is 3. The number of pyridine rings is 1. The van der Waals surface area contributed by atoms with E-state index >= 15 is 0 Å². The first kappa shape index (κ1) is 14.6. The second kappa shape index (κ2) is 6.28. The van der Waals surface area contributed by atoms with E-state index in [0.717, 1.165) is 29.9 Å². The van der Waals surface area contributed by atoms with Crippen molar-refractivity contribution in [2.24, 2.45) is 0 Å². The van der Waals surface area contributed by atoms with Crippen LogP contribution >= 0.6 is 0 Å². The van der Waals surface area contributed by atoms with Gasteiger partial charge in [0.2, 0.25) is 0 Å². The van der Waals surface area contributed by atoms with E-state index in [-0.39, 0.29) is 5.91 Å². The van der Waals surface area contributed by atoms with Crippen molar-refractivity contribution in [3.8, 4) is 5.69 Å². The minimum atomic E-state index is -0.169. The normalized spacial score (nSPS) is 13.7. The maximum Gasteiger partial charge on any atom is 0.272 e. The Balaban J connectivity index is 1.56. The van der Waals surface area contributed by atoms with Gasteiger partial charge in [-0.3, -0.25) is 9.78 Å². The maximum absolute atomic E-state index is 12.4. The summed E-state index contributed by atoms with van der Waals surface area (Å²) in [4.78, 5) is 16.7. The summed E-state index contributed by atoms with van der Waals surface area (Å²) in [7, 11) is 0. The summed E-state index contributed by atoms with van der Waals surface area (Å²) < 4.78 is 1.90. The third kappa shape index (κ3) is 3.06. The molecule has 0 bridgehead atoms. The second-order valence-corrected chi connectivity index (χ2v) is 5.98. The third-order valence-electron chi connectivity index (χ3n) is 4.12. The smallest absolute Gasteiger partial charge is 0.272 e. The molecule has 1 amide bonds. The molecular formula is C19H18N4O. The molecule has 0 atom stereocenters. The number of benzene rings is 1. The van der Waals surface area contributed by atoms with Crippen LogP contribution in [0.1, 0.15) is 40.6 Å². The molecule has 1 aliphatic carbocycles. The van der Waals surface area contributed by atoms with E-state index in [2.05, 4.69) is 15.4 Å². The van der Waals surface area contributed by atoms with Gasteiger partial charge in [0.25, 0.3) is 5.91 Å². The molecule has 0 unspecified atom stereocenters. The van der Waals surface area contributed by atoms with Gasteiger partial charge in [-0.05, 0) is 43.2 Å². The zero-order chi connectivity index (χ0) is 16.4. The summed E-state index contributed by atoms with van der Waals surface area (Å²) in [5.41, 5.74) is 3.39. The van der Waals surface area contributed by atoms with Gasteiger partial charge in [0.1, 0.15) is 0 Å². The summed E-state index contributed by atoms with van der Waals surface area (Å²) in [6.45, 7) is 0.399. The predicted molar refractivity (Wildman–Crippen MR) is 90.9 cm³/mol. The summed E-state index contributed by atoms with van der Waals surface area (Å²) in [6, 6.07) is 17.5. The van der Waals surface area contributed by atoms with Crippen molar-refractivity contribution in [2.75, 3.05) is 0 Å². The van der Waals surface area contributed by atoms with Crippen molar-refractivity contribution < 1.29 is 4.79 Å². The zero-order valence-corrected chi connectivity index (χ0v) is 13.2. The highest BCUT2D eigenvalue weighted by Crippen LogP contribution is 2.41. The standard InChI is InChI=1S/C19H18N4O/c24-19(21-13-15-6-4-5-11-20-15)17-12-18(14-9-10-14)23(22-17)16-7-2-1-3-8-16/h1-8,11-12,14H,9-10,13H2,(H,21,24). The van der Waals surface area contributed by atoms with Crippen LogP contribution in [0.15, 0.2) is 60.8 Å². The molecule has 5 nitrogen and oxygen atoms in total. The topological polar surface area (TPSA) is 59.8 Å². The van der Waals surface area contributed by atoms with Crippen LogP contribution in [0, 0.1) is 0 Å². The second-order valence-electron chi connectivity index (χ2n) is 5.98. The number of amides is 1. The van der Waals surface area contributed by atoms with Crippen molar-refractivity contribution in [1.82, 2.24) is 20.1 Å². The number of rotatable bonds is 5. The zero-order valence-electron chi connectivity index (χ0n) is 13.2. The van der Waals surface area contributed by atoms with Gasteiger partial charge in [0.05, 0.1) is 17.9 Å². The molecule has 1 fully saturated rings. The Hall–Kier alpha value is -2.95. The predicted octanol–water partition coefficient (Wildman–Crippen LogP) is 3.07. The fraction of sp³-hybridized carbons (Fsp3) is 0.211. The number of hydrogen-bond donors (Lipinski definition) is 1. The number of carbonyl (C=O) groups excluding carboxylic acids is 1. The van der Waals surface area contributed by atoms with Gasteiger partial charge in [-0.15, -0.1) is 0 Å². The molecule has 1 saturated carbocycles. The first-order valence-corrected chi connectivity index (χ1v) is 8.15. The Labute approximate surface area is 140 Å². The molecule has 5 heteroatoms. The van der Waals surface area contributed by atoms with Crippen molar-refractivity contribution in [3.05, 3.63) is 77.9 Å². The van der Waals surface area contributed by atoms with Gasteiger partial charge in [0, 0.05) is 17.8 Å². The molecule has 24 heavy (non-hydrogen) atoms. The minimum Gasteiger partial charge on any atom is -0.345 e. The van der Waals surface area contributed by atoms with E-state index in [1.807, 2.05) is 59.3 Å². The van der Waals surface area contributed by atoms with Gasteiger partial charge in [-0.2, -0.15) is 5.10 Å². The van der Waals surface area contributed by atoms with Gasteiger partial charge < -0.3 is 5.32 Å². The largest absolute Gasteiger partial charge is 0.345 e. The SMILES string of the molecule is O=C(NCc1ccccn1)c1cc(C2CC2)n(-c2ccccc2)n1. The first-order chi connectivity index (χ1) is 11.8. The first-order valence-electron chi connectivity index (χ1n) is 8.15. The van der Waals surface area contributed by atoms with Crippen molar-refractivity contribution in [1.29, 1.82) is 0 Å². The van der Waals surface area contributed by atoms with Gasteiger partial charge in [-0.1, -0.05) is 24.3 Å². The Kier molecular flexibility index (Phi) is 3.83. The van der Waals surface area contributed by atoms with Crippen LogP contribution in [0.4, 0.5) is 0 Å². The molecule has 0 radical (unpaired) electrons. The van der Waals surface area contributed by atoms with E-state index in [1.54, 1.807) is 6.20 Å². The molecule has 4 rings (SSSR count). The molecule has 3 aromatic rings. The monoisotopic (exact) mass is 318 g/mol. The number of aromatic nitrogens is 3. The molecule has 0 spiro atoms.